The molecule has 1 aromatic carbocycles. The van der Waals surface area contributed by atoms with E-state index in [0.717, 1.165) is 30.0 Å². The molecule has 136 valence electrons. The van der Waals surface area contributed by atoms with Gasteiger partial charge in [-0.05, 0) is 49.3 Å². The predicted octanol–water partition coefficient (Wildman–Crippen LogP) is 3.25. The maximum atomic E-state index is 12.4. The number of rotatable bonds is 6. The Bertz CT molecular complexity index is 640. The van der Waals surface area contributed by atoms with Gasteiger partial charge in [-0.15, -0.1) is 0 Å². The Kier molecular flexibility index (Phi) is 5.42. The normalized spacial score (nSPS) is 24.4. The lowest BCUT2D eigenvalue weighted by Gasteiger charge is -2.26. The van der Waals surface area contributed by atoms with E-state index >= 15 is 0 Å². The van der Waals surface area contributed by atoms with Gasteiger partial charge >= 0.3 is 0 Å². The van der Waals surface area contributed by atoms with Gasteiger partial charge in [0.1, 0.15) is 5.41 Å². The summed E-state index contributed by atoms with van der Waals surface area (Å²) in [4.78, 5) is 24.4. The highest BCUT2D eigenvalue weighted by Gasteiger charge is 2.56. The molecule has 25 heavy (non-hydrogen) atoms. The third-order valence-electron chi connectivity index (χ3n) is 5.41. The van der Waals surface area contributed by atoms with Gasteiger partial charge in [0.2, 0.25) is 11.8 Å². The van der Waals surface area contributed by atoms with Crippen LogP contribution in [0, 0.1) is 11.3 Å². The first-order valence-electron chi connectivity index (χ1n) is 9.27. The van der Waals surface area contributed by atoms with Crippen molar-refractivity contribution in [3.8, 4) is 0 Å². The molecule has 2 atom stereocenters. The van der Waals surface area contributed by atoms with Crippen molar-refractivity contribution in [2.45, 2.75) is 58.2 Å². The minimum atomic E-state index is -0.876. The van der Waals surface area contributed by atoms with Gasteiger partial charge in [0.15, 0.2) is 0 Å². The van der Waals surface area contributed by atoms with E-state index in [1.54, 1.807) is 7.05 Å². The summed E-state index contributed by atoms with van der Waals surface area (Å²) in [6.45, 7) is 2.84. The smallest absolute Gasteiger partial charge is 0.240 e. The van der Waals surface area contributed by atoms with Crippen molar-refractivity contribution >= 4 is 17.5 Å². The molecule has 2 saturated carbocycles. The van der Waals surface area contributed by atoms with Crippen molar-refractivity contribution < 1.29 is 14.3 Å². The van der Waals surface area contributed by atoms with Crippen LogP contribution in [0.1, 0.15) is 51.0 Å². The largest absolute Gasteiger partial charge is 0.374 e. The van der Waals surface area contributed by atoms with Gasteiger partial charge in [0.05, 0.1) is 12.7 Å². The average Bonchev–Trinajstić information content (AvgIpc) is 3.42. The second-order valence-electron chi connectivity index (χ2n) is 7.52. The maximum absolute atomic E-state index is 12.4. The molecular formula is C20H28N2O3. The van der Waals surface area contributed by atoms with Crippen LogP contribution in [0.4, 0.5) is 5.69 Å². The first kappa shape index (κ1) is 17.9. The molecule has 5 nitrogen and oxygen atoms in total. The van der Waals surface area contributed by atoms with Gasteiger partial charge in [-0.3, -0.25) is 9.59 Å². The second kappa shape index (κ2) is 7.56. The first-order valence-corrected chi connectivity index (χ1v) is 9.27. The van der Waals surface area contributed by atoms with Crippen LogP contribution in [-0.4, -0.2) is 25.0 Å². The number of hydrogen-bond donors (Lipinski definition) is 2. The summed E-state index contributed by atoms with van der Waals surface area (Å²) in [7, 11) is 1.57. The van der Waals surface area contributed by atoms with E-state index in [1.807, 2.05) is 24.3 Å². The third-order valence-corrected chi connectivity index (χ3v) is 5.41. The molecule has 0 saturated heterocycles. The lowest BCUT2D eigenvalue weighted by Crippen LogP contribution is -2.38. The van der Waals surface area contributed by atoms with Crippen LogP contribution in [0.5, 0.6) is 0 Å². The molecular weight excluding hydrogens is 316 g/mol. The molecule has 2 aliphatic carbocycles. The molecule has 0 spiro atoms. The lowest BCUT2D eigenvalue weighted by molar-refractivity contribution is -0.134. The SMILES string of the molecule is CNC(=O)C1(C(=O)Nc2cccc(COC3CCCC(C)C3)c2)CC1. The number of benzene rings is 1. The van der Waals surface area contributed by atoms with E-state index in [1.165, 1.54) is 12.8 Å². The van der Waals surface area contributed by atoms with Crippen LogP contribution < -0.4 is 10.6 Å². The molecule has 2 aliphatic rings. The highest BCUT2D eigenvalue weighted by Crippen LogP contribution is 2.46. The molecule has 0 heterocycles. The van der Waals surface area contributed by atoms with Crippen LogP contribution in [0.25, 0.3) is 0 Å². The minimum absolute atomic E-state index is 0.198. The van der Waals surface area contributed by atoms with Crippen molar-refractivity contribution in [1.29, 1.82) is 0 Å². The van der Waals surface area contributed by atoms with Crippen molar-refractivity contribution in [1.82, 2.24) is 5.32 Å². The summed E-state index contributed by atoms with van der Waals surface area (Å²) >= 11 is 0. The van der Waals surface area contributed by atoms with Gasteiger partial charge in [0.25, 0.3) is 0 Å². The fourth-order valence-corrected chi connectivity index (χ4v) is 3.66. The summed E-state index contributed by atoms with van der Waals surface area (Å²) in [5.41, 5.74) is 0.888. The minimum Gasteiger partial charge on any atom is -0.374 e. The van der Waals surface area contributed by atoms with E-state index < -0.39 is 5.41 Å². The molecule has 0 radical (unpaired) electrons. The summed E-state index contributed by atoms with van der Waals surface area (Å²) in [6.07, 6.45) is 6.37. The summed E-state index contributed by atoms with van der Waals surface area (Å²) in [5, 5.41) is 5.48. The van der Waals surface area contributed by atoms with Gasteiger partial charge in [0, 0.05) is 12.7 Å². The Morgan fingerprint density at radius 2 is 2.04 bits per heavy atom. The van der Waals surface area contributed by atoms with Crippen molar-refractivity contribution in [2.24, 2.45) is 11.3 Å². The van der Waals surface area contributed by atoms with Crippen LogP contribution in [-0.2, 0) is 20.9 Å². The van der Waals surface area contributed by atoms with Crippen LogP contribution in [0.15, 0.2) is 24.3 Å². The highest BCUT2D eigenvalue weighted by atomic mass is 16.5. The third kappa shape index (κ3) is 4.21. The Morgan fingerprint density at radius 3 is 2.72 bits per heavy atom. The predicted molar refractivity (Wildman–Crippen MR) is 97.0 cm³/mol. The van der Waals surface area contributed by atoms with Crippen LogP contribution in [0.3, 0.4) is 0 Å². The molecule has 2 fully saturated rings. The Hall–Kier alpha value is -1.88. The fourth-order valence-electron chi connectivity index (χ4n) is 3.66. The molecule has 0 aromatic heterocycles. The van der Waals surface area contributed by atoms with Crippen molar-refractivity contribution in [2.75, 3.05) is 12.4 Å². The quantitative estimate of drug-likeness (QED) is 0.779. The topological polar surface area (TPSA) is 67.4 Å². The second-order valence-corrected chi connectivity index (χ2v) is 7.52. The lowest BCUT2D eigenvalue weighted by atomic mass is 9.89. The van der Waals surface area contributed by atoms with E-state index in [4.69, 9.17) is 4.74 Å². The molecule has 2 amide bonds. The van der Waals surface area contributed by atoms with E-state index in [2.05, 4.69) is 17.6 Å². The van der Waals surface area contributed by atoms with Gasteiger partial charge in [-0.1, -0.05) is 31.9 Å². The Balaban J connectivity index is 1.56. The molecule has 2 unspecified atom stereocenters. The molecule has 2 N–H and O–H groups in total. The zero-order valence-electron chi connectivity index (χ0n) is 15.1. The molecule has 0 bridgehead atoms. The standard InChI is InChI=1S/C20H28N2O3/c1-14-5-3-8-17(11-14)25-13-15-6-4-7-16(12-15)22-19(24)20(9-10-20)18(23)21-2/h4,6-7,12,14,17H,3,5,8-11,13H2,1-2H3,(H,21,23)(H,22,24). The van der Waals surface area contributed by atoms with Crippen molar-refractivity contribution in [3.63, 3.8) is 0 Å². The Morgan fingerprint density at radius 1 is 1.24 bits per heavy atom. The number of carbonyl (C=O) groups excluding carboxylic acids is 2. The number of carbonyl (C=O) groups is 2. The summed E-state index contributed by atoms with van der Waals surface area (Å²) in [5.74, 6) is 0.325. The van der Waals surface area contributed by atoms with Crippen LogP contribution >= 0.6 is 0 Å². The summed E-state index contributed by atoms with van der Waals surface area (Å²) < 4.78 is 6.06. The first-order chi connectivity index (χ1) is 12.0. The maximum Gasteiger partial charge on any atom is 0.240 e. The van der Waals surface area contributed by atoms with E-state index in [9.17, 15) is 9.59 Å². The number of amides is 2. The molecule has 1 aromatic rings. The molecule has 3 rings (SSSR count). The zero-order chi connectivity index (χ0) is 17.9. The van der Waals surface area contributed by atoms with Gasteiger partial charge < -0.3 is 15.4 Å². The van der Waals surface area contributed by atoms with E-state index in [-0.39, 0.29) is 11.8 Å². The van der Waals surface area contributed by atoms with E-state index in [0.29, 0.717) is 25.6 Å². The zero-order valence-corrected chi connectivity index (χ0v) is 15.1. The number of hydrogen-bond acceptors (Lipinski definition) is 3. The summed E-state index contributed by atoms with van der Waals surface area (Å²) in [6, 6.07) is 7.71. The monoisotopic (exact) mass is 344 g/mol. The molecule has 0 aliphatic heterocycles. The van der Waals surface area contributed by atoms with Gasteiger partial charge in [-0.25, -0.2) is 0 Å². The number of ether oxygens (including phenoxy) is 1. The number of anilines is 1. The fraction of sp³-hybridized carbons (Fsp3) is 0.600. The van der Waals surface area contributed by atoms with Crippen LogP contribution in [0.2, 0.25) is 0 Å². The number of nitrogens with one attached hydrogen (secondary N) is 2. The molecule has 5 heteroatoms. The highest BCUT2D eigenvalue weighted by molar-refractivity contribution is 6.12. The van der Waals surface area contributed by atoms with Crippen molar-refractivity contribution in [3.05, 3.63) is 29.8 Å². The average molecular weight is 344 g/mol. The van der Waals surface area contributed by atoms with Gasteiger partial charge in [-0.2, -0.15) is 0 Å². The Labute approximate surface area is 149 Å².